The maximum atomic E-state index is 10.1. The smallest absolute Gasteiger partial charge is 0.193 e. The Balaban J connectivity index is 1.86. The van der Waals surface area contributed by atoms with Crippen LogP contribution in [0.2, 0.25) is 0 Å². The number of guanidine groups is 1. The van der Waals surface area contributed by atoms with Crippen molar-refractivity contribution < 1.29 is 14.6 Å². The van der Waals surface area contributed by atoms with Gasteiger partial charge in [0.05, 0.1) is 13.7 Å². The number of phenolic OH excluding ortho intramolecular Hbond substituents is 1. The first-order chi connectivity index (χ1) is 13.1. The lowest BCUT2D eigenvalue weighted by molar-refractivity contribution is 0.281. The molecule has 27 heavy (non-hydrogen) atoms. The number of methoxy groups -OCH3 is 1. The van der Waals surface area contributed by atoms with Gasteiger partial charge < -0.3 is 24.8 Å². The number of aromatic hydroxyl groups is 1. The molecule has 146 valence electrons. The summed E-state index contributed by atoms with van der Waals surface area (Å²) in [6, 6.07) is 15.1. The van der Waals surface area contributed by atoms with Crippen molar-refractivity contribution in [1.29, 1.82) is 0 Å². The highest BCUT2D eigenvalue weighted by Gasteiger charge is 2.07. The number of likely N-dealkylation sites (N-methyl/N-ethyl adjacent to an activating group) is 1. The monoisotopic (exact) mass is 371 g/mol. The molecule has 0 aliphatic heterocycles. The highest BCUT2D eigenvalue weighted by molar-refractivity contribution is 5.79. The van der Waals surface area contributed by atoms with Gasteiger partial charge in [0.15, 0.2) is 5.96 Å². The van der Waals surface area contributed by atoms with Crippen LogP contribution in [0.4, 0.5) is 0 Å². The third-order valence-corrected chi connectivity index (χ3v) is 4.07. The molecule has 0 saturated carbocycles. The van der Waals surface area contributed by atoms with Gasteiger partial charge in [-0.05, 0) is 37.1 Å². The lowest BCUT2D eigenvalue weighted by atomic mass is 10.1. The largest absolute Gasteiger partial charge is 0.508 e. The Morgan fingerprint density at radius 1 is 1.15 bits per heavy atom. The number of hydrogen-bond acceptors (Lipinski definition) is 4. The van der Waals surface area contributed by atoms with E-state index >= 15 is 0 Å². The van der Waals surface area contributed by atoms with Gasteiger partial charge in [-0.2, -0.15) is 0 Å². The summed E-state index contributed by atoms with van der Waals surface area (Å²) >= 11 is 0. The Hall–Kier alpha value is -2.89. The fraction of sp³-hybridized carbons (Fsp3) is 0.381. The van der Waals surface area contributed by atoms with Crippen molar-refractivity contribution in [2.45, 2.75) is 13.3 Å². The van der Waals surface area contributed by atoms with Crippen molar-refractivity contribution in [3.05, 3.63) is 54.1 Å². The van der Waals surface area contributed by atoms with Crippen LogP contribution < -0.4 is 14.8 Å². The second-order valence-corrected chi connectivity index (χ2v) is 6.06. The Kier molecular flexibility index (Phi) is 8.29. The molecule has 2 aromatic rings. The van der Waals surface area contributed by atoms with Crippen LogP contribution in [0.3, 0.4) is 0 Å². The van der Waals surface area contributed by atoms with E-state index in [9.17, 15) is 5.11 Å². The average Bonchev–Trinajstić information content (AvgIpc) is 2.69. The summed E-state index contributed by atoms with van der Waals surface area (Å²) in [5, 5.41) is 13.3. The summed E-state index contributed by atoms with van der Waals surface area (Å²) in [5.41, 5.74) is 0.852. The molecule has 0 amide bonds. The minimum absolute atomic E-state index is 0.235. The quantitative estimate of drug-likeness (QED) is 0.524. The molecule has 0 aliphatic rings. The molecule has 0 spiro atoms. The normalized spacial score (nSPS) is 11.1. The second-order valence-electron chi connectivity index (χ2n) is 6.06. The highest BCUT2D eigenvalue weighted by Crippen LogP contribution is 2.23. The van der Waals surface area contributed by atoms with Crippen molar-refractivity contribution in [2.75, 3.05) is 40.4 Å². The molecule has 0 heterocycles. The van der Waals surface area contributed by atoms with Gasteiger partial charge in [-0.1, -0.05) is 24.3 Å². The molecular weight excluding hydrogens is 342 g/mol. The Labute approximate surface area is 161 Å². The lowest BCUT2D eigenvalue weighted by Crippen LogP contribution is -2.41. The van der Waals surface area contributed by atoms with Crippen molar-refractivity contribution in [2.24, 2.45) is 4.99 Å². The van der Waals surface area contributed by atoms with Crippen LogP contribution in [-0.4, -0.2) is 56.4 Å². The molecular formula is C21H29N3O3. The molecule has 0 aromatic heterocycles. The molecule has 0 aliphatic carbocycles. The standard InChI is InChI=1S/C21H29N3O3/c1-4-22-21(24(2)14-15-27-18-8-6-5-7-9-18)23-13-12-17-10-11-19(26-3)16-20(17)25/h5-11,16,25H,4,12-15H2,1-3H3,(H,22,23). The number of phenols is 1. The molecule has 6 heteroatoms. The van der Waals surface area contributed by atoms with E-state index in [1.54, 1.807) is 13.2 Å². The van der Waals surface area contributed by atoms with Crippen LogP contribution >= 0.6 is 0 Å². The number of benzene rings is 2. The van der Waals surface area contributed by atoms with Crippen LogP contribution in [0, 0.1) is 0 Å². The van der Waals surface area contributed by atoms with Crippen LogP contribution in [0.15, 0.2) is 53.5 Å². The molecule has 0 saturated heterocycles. The van der Waals surface area contributed by atoms with Gasteiger partial charge in [-0.15, -0.1) is 0 Å². The SMILES string of the molecule is CCNC(=NCCc1ccc(OC)cc1O)N(C)CCOc1ccccc1. The predicted molar refractivity (Wildman–Crippen MR) is 109 cm³/mol. The van der Waals surface area contributed by atoms with E-state index in [2.05, 4.69) is 10.3 Å². The van der Waals surface area contributed by atoms with Gasteiger partial charge in [0.2, 0.25) is 0 Å². The number of nitrogens with one attached hydrogen (secondary N) is 1. The van der Waals surface area contributed by atoms with Gasteiger partial charge in [-0.25, -0.2) is 0 Å². The molecule has 0 bridgehead atoms. The zero-order valence-corrected chi connectivity index (χ0v) is 16.3. The summed E-state index contributed by atoms with van der Waals surface area (Å²) in [5.74, 6) is 2.57. The fourth-order valence-corrected chi connectivity index (χ4v) is 2.56. The minimum atomic E-state index is 0.235. The van der Waals surface area contributed by atoms with E-state index in [1.165, 1.54) is 0 Å². The highest BCUT2D eigenvalue weighted by atomic mass is 16.5. The summed E-state index contributed by atoms with van der Waals surface area (Å²) in [6.45, 7) is 4.69. The third-order valence-electron chi connectivity index (χ3n) is 4.07. The zero-order chi connectivity index (χ0) is 19.5. The van der Waals surface area contributed by atoms with Gasteiger partial charge in [0.1, 0.15) is 23.9 Å². The molecule has 2 rings (SSSR count). The van der Waals surface area contributed by atoms with Crippen molar-refractivity contribution in [3.63, 3.8) is 0 Å². The maximum absolute atomic E-state index is 10.1. The number of nitrogens with zero attached hydrogens (tertiary/aromatic N) is 2. The lowest BCUT2D eigenvalue weighted by Gasteiger charge is -2.22. The molecule has 0 radical (unpaired) electrons. The topological polar surface area (TPSA) is 66.3 Å². The predicted octanol–water partition coefficient (Wildman–Crippen LogP) is 2.92. The first-order valence-electron chi connectivity index (χ1n) is 9.17. The van der Waals surface area contributed by atoms with Crippen LogP contribution in [-0.2, 0) is 6.42 Å². The van der Waals surface area contributed by atoms with E-state index in [-0.39, 0.29) is 5.75 Å². The summed E-state index contributed by atoms with van der Waals surface area (Å²) < 4.78 is 10.9. The molecule has 2 aromatic carbocycles. The van der Waals surface area contributed by atoms with Gasteiger partial charge in [-0.3, -0.25) is 4.99 Å². The van der Waals surface area contributed by atoms with E-state index < -0.39 is 0 Å². The fourth-order valence-electron chi connectivity index (χ4n) is 2.56. The minimum Gasteiger partial charge on any atom is -0.508 e. The number of hydrogen-bond donors (Lipinski definition) is 2. The second kappa shape index (κ2) is 11.0. The number of ether oxygens (including phenoxy) is 2. The molecule has 0 fully saturated rings. The Morgan fingerprint density at radius 3 is 2.59 bits per heavy atom. The van der Waals surface area contributed by atoms with E-state index in [0.717, 1.165) is 23.8 Å². The first kappa shape index (κ1) is 20.4. The van der Waals surface area contributed by atoms with E-state index in [4.69, 9.17) is 9.47 Å². The molecule has 0 atom stereocenters. The van der Waals surface area contributed by atoms with Crippen LogP contribution in [0.5, 0.6) is 17.2 Å². The number of para-hydroxylation sites is 1. The molecule has 6 nitrogen and oxygen atoms in total. The third kappa shape index (κ3) is 6.73. The van der Waals surface area contributed by atoms with Crippen molar-refractivity contribution in [1.82, 2.24) is 10.2 Å². The molecule has 0 unspecified atom stereocenters. The van der Waals surface area contributed by atoms with Crippen molar-refractivity contribution in [3.8, 4) is 17.2 Å². The average molecular weight is 371 g/mol. The van der Waals surface area contributed by atoms with Gasteiger partial charge in [0, 0.05) is 26.2 Å². The maximum Gasteiger partial charge on any atom is 0.193 e. The first-order valence-corrected chi connectivity index (χ1v) is 9.17. The summed E-state index contributed by atoms with van der Waals surface area (Å²) in [4.78, 5) is 6.69. The van der Waals surface area contributed by atoms with E-state index in [0.29, 0.717) is 31.9 Å². The Bertz CT molecular complexity index is 720. The zero-order valence-electron chi connectivity index (χ0n) is 16.3. The van der Waals surface area contributed by atoms with Gasteiger partial charge in [0.25, 0.3) is 0 Å². The van der Waals surface area contributed by atoms with Crippen LogP contribution in [0.25, 0.3) is 0 Å². The summed E-state index contributed by atoms with van der Waals surface area (Å²) in [6.07, 6.45) is 0.652. The summed E-state index contributed by atoms with van der Waals surface area (Å²) in [7, 11) is 3.57. The van der Waals surface area contributed by atoms with E-state index in [1.807, 2.05) is 61.3 Å². The van der Waals surface area contributed by atoms with Crippen molar-refractivity contribution >= 4 is 5.96 Å². The van der Waals surface area contributed by atoms with Gasteiger partial charge >= 0.3 is 0 Å². The number of aliphatic imine (C=N–C) groups is 1. The molecule has 2 N–H and O–H groups in total. The Morgan fingerprint density at radius 2 is 1.93 bits per heavy atom. The van der Waals surface area contributed by atoms with Crippen LogP contribution in [0.1, 0.15) is 12.5 Å². The number of rotatable bonds is 9.